The second-order valence-electron chi connectivity index (χ2n) is 6.12. The van der Waals surface area contributed by atoms with Gasteiger partial charge < -0.3 is 0 Å². The fraction of sp³-hybridized carbons (Fsp3) is 0.765. The number of rotatable bonds is 0. The quantitative estimate of drug-likeness (QED) is 0.495. The van der Waals surface area contributed by atoms with Crippen molar-refractivity contribution in [3.63, 3.8) is 0 Å². The third-order valence-corrected chi connectivity index (χ3v) is 4.57. The Balaban J connectivity index is 2.07. The van der Waals surface area contributed by atoms with Gasteiger partial charge in [0.15, 0.2) is 0 Å². The first-order chi connectivity index (χ1) is 8.27. The summed E-state index contributed by atoms with van der Waals surface area (Å²) in [7, 11) is 0. The van der Waals surface area contributed by atoms with Crippen molar-refractivity contribution in [3.8, 4) is 0 Å². The molecule has 0 aliphatic heterocycles. The van der Waals surface area contributed by atoms with Crippen molar-refractivity contribution in [1.82, 2.24) is 0 Å². The lowest BCUT2D eigenvalue weighted by Crippen LogP contribution is -1.97. The molecule has 1 atom stereocenters. The van der Waals surface area contributed by atoms with Crippen LogP contribution in [0.15, 0.2) is 22.8 Å². The topological polar surface area (TPSA) is 0 Å². The van der Waals surface area contributed by atoms with E-state index in [1.807, 2.05) is 0 Å². The van der Waals surface area contributed by atoms with Crippen molar-refractivity contribution in [3.05, 3.63) is 22.8 Å². The molecule has 0 heterocycles. The van der Waals surface area contributed by atoms with Crippen LogP contribution in [0.3, 0.4) is 0 Å². The maximum atomic E-state index is 2.55. The van der Waals surface area contributed by atoms with E-state index in [0.717, 1.165) is 5.92 Å². The summed E-state index contributed by atoms with van der Waals surface area (Å²) in [5, 5.41) is 0. The highest BCUT2D eigenvalue weighted by Gasteiger charge is 2.16. The van der Waals surface area contributed by atoms with Gasteiger partial charge >= 0.3 is 0 Å². The van der Waals surface area contributed by atoms with Crippen LogP contribution < -0.4 is 0 Å². The summed E-state index contributed by atoms with van der Waals surface area (Å²) in [6.07, 6.45) is 16.4. The SMILES string of the molecule is C/C1=C2\CCC\C2=C\CCCCC(C)CCC1. The maximum absolute atomic E-state index is 2.55. The second-order valence-corrected chi connectivity index (χ2v) is 6.12. The molecule has 0 spiro atoms. The van der Waals surface area contributed by atoms with Crippen LogP contribution in [0.2, 0.25) is 0 Å². The first-order valence-electron chi connectivity index (χ1n) is 7.65. The highest BCUT2D eigenvalue weighted by Crippen LogP contribution is 2.35. The molecule has 96 valence electrons. The zero-order chi connectivity index (χ0) is 12.1. The van der Waals surface area contributed by atoms with E-state index in [4.69, 9.17) is 0 Å². The fourth-order valence-corrected chi connectivity index (χ4v) is 3.40. The van der Waals surface area contributed by atoms with Crippen molar-refractivity contribution in [2.45, 2.75) is 78.1 Å². The summed E-state index contributed by atoms with van der Waals surface area (Å²) in [4.78, 5) is 0. The standard InChI is InChI=1S/C17H28/c1-14-8-4-3-5-11-16-12-7-13-17(16)15(2)10-6-9-14/h11,14H,3-10,12-13H2,1-2H3/b16-11-,17-15-. The van der Waals surface area contributed by atoms with E-state index in [1.54, 1.807) is 16.7 Å². The van der Waals surface area contributed by atoms with E-state index in [1.165, 1.54) is 64.2 Å². The van der Waals surface area contributed by atoms with Crippen LogP contribution in [0.25, 0.3) is 0 Å². The van der Waals surface area contributed by atoms with Crippen LogP contribution in [-0.4, -0.2) is 0 Å². The molecule has 2 rings (SSSR count). The predicted molar refractivity (Wildman–Crippen MR) is 76.1 cm³/mol. The monoisotopic (exact) mass is 232 g/mol. The smallest absolute Gasteiger partial charge is 0.0274 e. The molecule has 2 aliphatic rings. The zero-order valence-corrected chi connectivity index (χ0v) is 11.7. The minimum atomic E-state index is 0.944. The normalized spacial score (nSPS) is 35.4. The minimum absolute atomic E-state index is 0.944. The molecule has 0 nitrogen and oxygen atoms in total. The molecule has 1 unspecified atom stereocenters. The van der Waals surface area contributed by atoms with E-state index in [-0.39, 0.29) is 0 Å². The van der Waals surface area contributed by atoms with Gasteiger partial charge in [-0.25, -0.2) is 0 Å². The molecule has 0 aromatic heterocycles. The minimum Gasteiger partial charge on any atom is -0.0810 e. The lowest BCUT2D eigenvalue weighted by molar-refractivity contribution is 0.452. The highest BCUT2D eigenvalue weighted by atomic mass is 14.2. The first kappa shape index (κ1) is 12.9. The Morgan fingerprint density at radius 3 is 2.65 bits per heavy atom. The van der Waals surface area contributed by atoms with Crippen molar-refractivity contribution in [1.29, 1.82) is 0 Å². The van der Waals surface area contributed by atoms with Crippen LogP contribution in [-0.2, 0) is 0 Å². The average molecular weight is 232 g/mol. The van der Waals surface area contributed by atoms with Gasteiger partial charge in [-0.15, -0.1) is 0 Å². The van der Waals surface area contributed by atoms with Gasteiger partial charge in [-0.3, -0.25) is 0 Å². The van der Waals surface area contributed by atoms with Crippen LogP contribution in [0.5, 0.6) is 0 Å². The lowest BCUT2D eigenvalue weighted by Gasteiger charge is -2.14. The summed E-state index contributed by atoms with van der Waals surface area (Å²) in [6, 6.07) is 0. The van der Waals surface area contributed by atoms with Gasteiger partial charge in [0, 0.05) is 0 Å². The van der Waals surface area contributed by atoms with Gasteiger partial charge in [0.2, 0.25) is 0 Å². The van der Waals surface area contributed by atoms with E-state index in [2.05, 4.69) is 19.9 Å². The van der Waals surface area contributed by atoms with E-state index in [0.29, 0.717) is 0 Å². The van der Waals surface area contributed by atoms with Crippen LogP contribution in [0.4, 0.5) is 0 Å². The summed E-state index contributed by atoms with van der Waals surface area (Å²) < 4.78 is 0. The molecule has 2 aliphatic carbocycles. The fourth-order valence-electron chi connectivity index (χ4n) is 3.40. The summed E-state index contributed by atoms with van der Waals surface area (Å²) in [5.41, 5.74) is 5.14. The van der Waals surface area contributed by atoms with Crippen LogP contribution in [0.1, 0.15) is 78.1 Å². The second kappa shape index (κ2) is 6.42. The Morgan fingerprint density at radius 1 is 0.941 bits per heavy atom. The molecule has 0 bridgehead atoms. The van der Waals surface area contributed by atoms with Crippen molar-refractivity contribution < 1.29 is 0 Å². The van der Waals surface area contributed by atoms with Gasteiger partial charge in [-0.05, 0) is 68.9 Å². The highest BCUT2D eigenvalue weighted by molar-refractivity contribution is 5.38. The van der Waals surface area contributed by atoms with E-state index < -0.39 is 0 Å². The average Bonchev–Trinajstić information content (AvgIpc) is 2.75. The molecule has 1 saturated carbocycles. The lowest BCUT2D eigenvalue weighted by atomic mass is 9.92. The number of allylic oxidation sites excluding steroid dienone is 4. The Kier molecular flexibility index (Phi) is 4.88. The Morgan fingerprint density at radius 2 is 1.76 bits per heavy atom. The Labute approximate surface area is 107 Å². The van der Waals surface area contributed by atoms with Gasteiger partial charge in [0.25, 0.3) is 0 Å². The molecule has 1 fully saturated rings. The molecule has 0 radical (unpaired) electrons. The molecular formula is C17H28. The summed E-state index contributed by atoms with van der Waals surface area (Å²) in [6.45, 7) is 4.82. The molecule has 0 saturated heterocycles. The van der Waals surface area contributed by atoms with Crippen molar-refractivity contribution in [2.75, 3.05) is 0 Å². The van der Waals surface area contributed by atoms with E-state index >= 15 is 0 Å². The van der Waals surface area contributed by atoms with Gasteiger partial charge in [-0.2, -0.15) is 0 Å². The van der Waals surface area contributed by atoms with E-state index in [9.17, 15) is 0 Å². The molecule has 0 N–H and O–H groups in total. The third kappa shape index (κ3) is 3.72. The van der Waals surface area contributed by atoms with Crippen molar-refractivity contribution >= 4 is 0 Å². The van der Waals surface area contributed by atoms with Gasteiger partial charge in [0.1, 0.15) is 0 Å². The predicted octanol–water partition coefficient (Wildman–Crippen LogP) is 5.79. The zero-order valence-electron chi connectivity index (χ0n) is 11.7. The largest absolute Gasteiger partial charge is 0.0810 e. The molecule has 17 heavy (non-hydrogen) atoms. The number of hydrogen-bond donors (Lipinski definition) is 0. The molecule has 0 aromatic carbocycles. The summed E-state index contributed by atoms with van der Waals surface area (Å²) >= 11 is 0. The molecular weight excluding hydrogens is 204 g/mol. The van der Waals surface area contributed by atoms with Gasteiger partial charge in [0.05, 0.1) is 0 Å². The Hall–Kier alpha value is -0.520. The van der Waals surface area contributed by atoms with Crippen molar-refractivity contribution in [2.24, 2.45) is 5.92 Å². The maximum Gasteiger partial charge on any atom is -0.0274 e. The molecule has 0 amide bonds. The number of hydrogen-bond acceptors (Lipinski definition) is 0. The molecule has 0 heteroatoms. The summed E-state index contributed by atoms with van der Waals surface area (Å²) in [5.74, 6) is 0.944. The third-order valence-electron chi connectivity index (χ3n) is 4.57. The van der Waals surface area contributed by atoms with Gasteiger partial charge in [-0.1, -0.05) is 37.8 Å². The molecule has 0 aromatic rings. The first-order valence-corrected chi connectivity index (χ1v) is 7.65. The van der Waals surface area contributed by atoms with Crippen LogP contribution >= 0.6 is 0 Å². The van der Waals surface area contributed by atoms with Crippen LogP contribution in [0, 0.1) is 5.92 Å². The number of fused-ring (bicyclic) bond motifs is 1. The Bertz CT molecular complexity index is 306.